The largest absolute Gasteiger partial charge is 0.298 e. The molecule has 0 spiro atoms. The third kappa shape index (κ3) is 4.17. The van der Waals surface area contributed by atoms with Crippen LogP contribution in [0.1, 0.15) is 21.6 Å². The minimum Gasteiger partial charge on any atom is -0.298 e. The fourth-order valence-electron chi connectivity index (χ4n) is 2.92. The third-order valence-electron chi connectivity index (χ3n) is 4.41. The number of benzene rings is 1. The van der Waals surface area contributed by atoms with Crippen molar-refractivity contribution in [2.24, 2.45) is 0 Å². The first kappa shape index (κ1) is 20.0. The maximum absolute atomic E-state index is 12.8. The molecule has 0 bridgehead atoms. The van der Waals surface area contributed by atoms with Crippen molar-refractivity contribution >= 4 is 34.0 Å². The Hall–Kier alpha value is -3.29. The first-order valence-corrected chi connectivity index (χ1v) is 10.4. The summed E-state index contributed by atoms with van der Waals surface area (Å²) in [6.45, 7) is 3.82. The van der Waals surface area contributed by atoms with Crippen LogP contribution in [-0.2, 0) is 0 Å². The third-order valence-corrected chi connectivity index (χ3v) is 5.49. The predicted molar refractivity (Wildman–Crippen MR) is 120 cm³/mol. The molecule has 4 aromatic rings. The number of pyridine rings is 2. The van der Waals surface area contributed by atoms with Crippen molar-refractivity contribution in [3.05, 3.63) is 92.3 Å². The van der Waals surface area contributed by atoms with Gasteiger partial charge in [0, 0.05) is 23.3 Å². The summed E-state index contributed by atoms with van der Waals surface area (Å²) in [4.78, 5) is 34.0. The average molecular weight is 437 g/mol. The zero-order valence-electron chi connectivity index (χ0n) is 16.2. The van der Waals surface area contributed by atoms with Gasteiger partial charge in [0.1, 0.15) is 5.69 Å². The Labute approximate surface area is 181 Å². The Morgan fingerprint density at radius 3 is 2.70 bits per heavy atom. The van der Waals surface area contributed by atoms with Crippen LogP contribution in [0, 0.1) is 13.8 Å². The summed E-state index contributed by atoms with van der Waals surface area (Å²) in [5, 5.41) is 5.49. The number of carbonyl (C=O) groups is 1. The molecule has 0 aliphatic heterocycles. The van der Waals surface area contributed by atoms with Gasteiger partial charge in [-0.05, 0) is 49.7 Å². The van der Waals surface area contributed by atoms with Crippen LogP contribution in [-0.4, -0.2) is 20.4 Å². The van der Waals surface area contributed by atoms with E-state index in [4.69, 9.17) is 11.6 Å². The summed E-state index contributed by atoms with van der Waals surface area (Å²) >= 11 is 7.57. The van der Waals surface area contributed by atoms with Gasteiger partial charge in [-0.3, -0.25) is 24.5 Å². The van der Waals surface area contributed by atoms with Crippen LogP contribution in [0.25, 0.3) is 17.1 Å². The van der Waals surface area contributed by atoms with Gasteiger partial charge in [-0.15, -0.1) is 11.3 Å². The lowest BCUT2D eigenvalue weighted by molar-refractivity contribution is 0.102. The number of aryl methyl sites for hydroxylation is 2. The Morgan fingerprint density at radius 1 is 1.07 bits per heavy atom. The van der Waals surface area contributed by atoms with E-state index in [0.29, 0.717) is 27.1 Å². The van der Waals surface area contributed by atoms with Crippen molar-refractivity contribution in [1.82, 2.24) is 14.5 Å². The van der Waals surface area contributed by atoms with Gasteiger partial charge in [-0.25, -0.2) is 4.98 Å². The van der Waals surface area contributed by atoms with Gasteiger partial charge in [0.15, 0.2) is 5.13 Å². The zero-order valence-corrected chi connectivity index (χ0v) is 17.8. The normalized spacial score (nSPS) is 10.8. The van der Waals surface area contributed by atoms with Crippen molar-refractivity contribution < 1.29 is 4.79 Å². The second-order valence-corrected chi connectivity index (χ2v) is 8.00. The van der Waals surface area contributed by atoms with Crippen LogP contribution in [0.2, 0.25) is 5.02 Å². The number of thiazole rings is 1. The van der Waals surface area contributed by atoms with Gasteiger partial charge in [0.05, 0.1) is 22.0 Å². The highest BCUT2D eigenvalue weighted by Gasteiger charge is 2.13. The summed E-state index contributed by atoms with van der Waals surface area (Å²) in [6, 6.07) is 13.9. The predicted octanol–water partition coefficient (Wildman–Crippen LogP) is 4.88. The number of nitrogens with one attached hydrogen (secondary N) is 1. The molecule has 3 heterocycles. The number of amides is 1. The van der Waals surface area contributed by atoms with Crippen LogP contribution < -0.4 is 10.9 Å². The topological polar surface area (TPSA) is 76.9 Å². The molecule has 0 aliphatic carbocycles. The Kier molecular flexibility index (Phi) is 5.48. The lowest BCUT2D eigenvalue weighted by Crippen LogP contribution is -2.21. The molecule has 30 heavy (non-hydrogen) atoms. The molecule has 4 rings (SSSR count). The molecule has 0 unspecified atom stereocenters. The van der Waals surface area contributed by atoms with E-state index in [9.17, 15) is 9.59 Å². The van der Waals surface area contributed by atoms with Gasteiger partial charge in [-0.2, -0.15) is 0 Å². The van der Waals surface area contributed by atoms with Crippen LogP contribution in [0.15, 0.2) is 64.9 Å². The van der Waals surface area contributed by atoms with E-state index in [2.05, 4.69) is 15.3 Å². The Morgan fingerprint density at radius 2 is 1.90 bits per heavy atom. The summed E-state index contributed by atoms with van der Waals surface area (Å²) in [5.74, 6) is -0.370. The molecule has 0 radical (unpaired) electrons. The molecular weight excluding hydrogens is 420 g/mol. The highest BCUT2D eigenvalue weighted by molar-refractivity contribution is 7.14. The average Bonchev–Trinajstić information content (AvgIpc) is 3.19. The fourth-order valence-corrected chi connectivity index (χ4v) is 3.83. The first-order chi connectivity index (χ1) is 14.4. The zero-order chi connectivity index (χ0) is 21.3. The molecule has 1 amide bonds. The minimum atomic E-state index is -0.370. The fraction of sp³-hybridized carbons (Fsp3) is 0.0909. The van der Waals surface area contributed by atoms with E-state index in [-0.39, 0.29) is 11.5 Å². The van der Waals surface area contributed by atoms with E-state index in [1.54, 1.807) is 12.1 Å². The summed E-state index contributed by atoms with van der Waals surface area (Å²) in [5.41, 5.74) is 3.85. The molecule has 150 valence electrons. The van der Waals surface area contributed by atoms with Gasteiger partial charge >= 0.3 is 0 Å². The molecule has 0 aliphatic rings. The number of carbonyl (C=O) groups excluding carboxylic acids is 1. The smallest absolute Gasteiger partial charge is 0.258 e. The minimum absolute atomic E-state index is 0.277. The monoisotopic (exact) mass is 436 g/mol. The highest BCUT2D eigenvalue weighted by atomic mass is 35.5. The van der Waals surface area contributed by atoms with Crippen molar-refractivity contribution in [3.8, 4) is 17.1 Å². The van der Waals surface area contributed by atoms with Crippen molar-refractivity contribution in [2.75, 3.05) is 5.32 Å². The molecule has 0 saturated carbocycles. The van der Waals surface area contributed by atoms with Crippen molar-refractivity contribution in [2.45, 2.75) is 13.8 Å². The first-order valence-electron chi connectivity index (χ1n) is 9.11. The van der Waals surface area contributed by atoms with Gasteiger partial charge in [0.25, 0.3) is 11.5 Å². The van der Waals surface area contributed by atoms with Gasteiger partial charge < -0.3 is 0 Å². The number of aromatic nitrogens is 3. The lowest BCUT2D eigenvalue weighted by Gasteiger charge is -2.10. The van der Waals surface area contributed by atoms with E-state index < -0.39 is 0 Å². The summed E-state index contributed by atoms with van der Waals surface area (Å²) < 4.78 is 1.37. The van der Waals surface area contributed by atoms with E-state index >= 15 is 0 Å². The number of hydrogen-bond donors (Lipinski definition) is 1. The molecule has 3 aromatic heterocycles. The molecule has 1 aromatic carbocycles. The number of anilines is 1. The Balaban J connectivity index is 1.60. The van der Waals surface area contributed by atoms with E-state index in [1.165, 1.54) is 34.2 Å². The molecule has 0 fully saturated rings. The van der Waals surface area contributed by atoms with Gasteiger partial charge in [0.2, 0.25) is 0 Å². The lowest BCUT2D eigenvalue weighted by atomic mass is 10.2. The quantitative estimate of drug-likeness (QED) is 0.494. The van der Waals surface area contributed by atoms with E-state index in [0.717, 1.165) is 17.0 Å². The SMILES string of the molecule is Cc1ccc(Cl)c(-n2cc(C(=O)Nc3nc(-c4cccc(C)n4)cs3)ccc2=O)c1. The maximum atomic E-state index is 12.8. The molecule has 8 heteroatoms. The van der Waals surface area contributed by atoms with E-state index in [1.807, 2.05) is 43.5 Å². The second-order valence-electron chi connectivity index (χ2n) is 6.74. The molecule has 1 N–H and O–H groups in total. The number of halogens is 1. The van der Waals surface area contributed by atoms with Crippen molar-refractivity contribution in [3.63, 3.8) is 0 Å². The molecule has 0 saturated heterocycles. The number of nitrogens with zero attached hydrogens (tertiary/aromatic N) is 3. The standard InChI is InChI=1S/C22H17ClN4O2S/c1-13-6-8-16(23)19(10-13)27-11-15(7-9-20(27)28)21(29)26-22-25-18(12-30-22)17-5-3-4-14(2)24-17/h3-12H,1-2H3,(H,25,26,29). The Bertz CT molecular complexity index is 1310. The van der Waals surface area contributed by atoms with Crippen LogP contribution in [0.3, 0.4) is 0 Å². The molecule has 0 atom stereocenters. The summed E-state index contributed by atoms with van der Waals surface area (Å²) in [7, 11) is 0. The van der Waals surface area contributed by atoms with Gasteiger partial charge in [-0.1, -0.05) is 23.7 Å². The molecular formula is C22H17ClN4O2S. The van der Waals surface area contributed by atoms with Crippen molar-refractivity contribution in [1.29, 1.82) is 0 Å². The number of hydrogen-bond acceptors (Lipinski definition) is 5. The maximum Gasteiger partial charge on any atom is 0.258 e. The van der Waals surface area contributed by atoms with Crippen LogP contribution >= 0.6 is 22.9 Å². The second kappa shape index (κ2) is 8.22. The van der Waals surface area contributed by atoms with Crippen LogP contribution in [0.4, 0.5) is 5.13 Å². The molecule has 6 nitrogen and oxygen atoms in total. The summed E-state index contributed by atoms with van der Waals surface area (Å²) in [6.07, 6.45) is 1.48. The number of rotatable bonds is 4. The highest BCUT2D eigenvalue weighted by Crippen LogP contribution is 2.24. The van der Waals surface area contributed by atoms with Crippen LogP contribution in [0.5, 0.6) is 0 Å².